The van der Waals surface area contributed by atoms with E-state index in [-0.39, 0.29) is 28.7 Å². The first-order valence-electron chi connectivity index (χ1n) is 9.19. The average molecular weight is 460 g/mol. The highest BCUT2D eigenvalue weighted by Gasteiger charge is 2.33. The maximum atomic E-state index is 12.9. The van der Waals surface area contributed by atoms with Gasteiger partial charge in [-0.15, -0.1) is 0 Å². The van der Waals surface area contributed by atoms with Crippen LogP contribution in [0.5, 0.6) is 0 Å². The van der Waals surface area contributed by atoms with E-state index >= 15 is 0 Å². The third-order valence-corrected chi connectivity index (χ3v) is 7.10. The van der Waals surface area contributed by atoms with Crippen LogP contribution in [-0.4, -0.2) is 63.8 Å². The van der Waals surface area contributed by atoms with E-state index in [1.54, 1.807) is 24.3 Å². The zero-order valence-electron chi connectivity index (χ0n) is 16.5. The van der Waals surface area contributed by atoms with Gasteiger partial charge >= 0.3 is 0 Å². The monoisotopic (exact) mass is 459 g/mol. The number of carbonyl (C=O) groups excluding carboxylic acids is 1. The number of benzene rings is 1. The summed E-state index contributed by atoms with van der Waals surface area (Å²) < 4.78 is 28.0. The molecule has 1 amide bonds. The molecule has 2 rings (SSSR count). The first-order chi connectivity index (χ1) is 12.5. The molecule has 0 radical (unpaired) electrons. The molecule has 1 heterocycles. The molecule has 0 aliphatic carbocycles. The van der Waals surface area contributed by atoms with Crippen LogP contribution < -0.4 is 5.32 Å². The molecular weight excluding hydrogens is 430 g/mol. The Kier molecular flexibility index (Phi) is 7.47. The Bertz CT molecular complexity index is 748. The standard InChI is InChI=1S/C19H30BrN3O3S/c1-19(2,14-22(3)4)13-21-18(24)15-6-5-11-23(12-15)27(25,26)17-9-7-16(20)8-10-17/h7-10,15H,5-6,11-14H2,1-4H3,(H,21,24). The zero-order chi connectivity index (χ0) is 20.2. The van der Waals surface area contributed by atoms with E-state index in [1.165, 1.54) is 4.31 Å². The van der Waals surface area contributed by atoms with Crippen LogP contribution in [0.4, 0.5) is 0 Å². The van der Waals surface area contributed by atoms with Gasteiger partial charge in [0, 0.05) is 30.7 Å². The van der Waals surface area contributed by atoms with E-state index in [9.17, 15) is 13.2 Å². The minimum absolute atomic E-state index is 0.0446. The zero-order valence-corrected chi connectivity index (χ0v) is 18.9. The molecule has 1 aliphatic heterocycles. The second-order valence-electron chi connectivity index (χ2n) is 8.28. The second kappa shape index (κ2) is 9.03. The van der Waals surface area contributed by atoms with Gasteiger partial charge in [-0.25, -0.2) is 8.42 Å². The predicted octanol–water partition coefficient (Wildman–Crippen LogP) is 2.55. The Morgan fingerprint density at radius 2 is 1.93 bits per heavy atom. The van der Waals surface area contributed by atoms with Crippen molar-refractivity contribution in [3.05, 3.63) is 28.7 Å². The number of piperidine rings is 1. The highest BCUT2D eigenvalue weighted by molar-refractivity contribution is 9.10. The van der Waals surface area contributed by atoms with Gasteiger partial charge in [-0.2, -0.15) is 4.31 Å². The van der Waals surface area contributed by atoms with Crippen LogP contribution in [0.15, 0.2) is 33.6 Å². The number of nitrogens with zero attached hydrogens (tertiary/aromatic N) is 2. The summed E-state index contributed by atoms with van der Waals surface area (Å²) in [4.78, 5) is 15.0. The SMILES string of the molecule is CN(C)CC(C)(C)CNC(=O)C1CCCN(S(=O)(=O)c2ccc(Br)cc2)C1. The molecule has 0 aromatic heterocycles. The number of halogens is 1. The molecule has 0 saturated carbocycles. The molecule has 1 aromatic carbocycles. The Labute approximate surface area is 171 Å². The van der Waals surface area contributed by atoms with Crippen LogP contribution in [0.3, 0.4) is 0 Å². The summed E-state index contributed by atoms with van der Waals surface area (Å²) in [6.45, 7) is 6.34. The molecule has 1 atom stereocenters. The number of nitrogens with one attached hydrogen (secondary N) is 1. The Balaban J connectivity index is 2.00. The van der Waals surface area contributed by atoms with Crippen molar-refractivity contribution >= 4 is 31.9 Å². The Morgan fingerprint density at radius 1 is 1.30 bits per heavy atom. The fourth-order valence-corrected chi connectivity index (χ4v) is 5.30. The lowest BCUT2D eigenvalue weighted by atomic mass is 9.92. The molecule has 1 aromatic rings. The first kappa shape index (κ1) is 22.3. The summed E-state index contributed by atoms with van der Waals surface area (Å²) in [5.41, 5.74) is -0.0446. The van der Waals surface area contributed by atoms with Gasteiger partial charge in [0.1, 0.15) is 0 Å². The third kappa shape index (κ3) is 6.27. The number of amides is 1. The van der Waals surface area contributed by atoms with Gasteiger partial charge in [0.25, 0.3) is 0 Å². The largest absolute Gasteiger partial charge is 0.355 e. The maximum absolute atomic E-state index is 12.9. The number of hydrogen-bond donors (Lipinski definition) is 1. The molecule has 1 N–H and O–H groups in total. The highest BCUT2D eigenvalue weighted by Crippen LogP contribution is 2.25. The molecule has 0 bridgehead atoms. The smallest absolute Gasteiger partial charge is 0.243 e. The van der Waals surface area contributed by atoms with Crippen LogP contribution in [0, 0.1) is 11.3 Å². The molecule has 152 valence electrons. The number of hydrogen-bond acceptors (Lipinski definition) is 4. The van der Waals surface area contributed by atoms with Crippen LogP contribution >= 0.6 is 15.9 Å². The fraction of sp³-hybridized carbons (Fsp3) is 0.632. The average Bonchev–Trinajstić information content (AvgIpc) is 2.59. The van der Waals surface area contributed by atoms with E-state index in [1.807, 2.05) is 14.1 Å². The van der Waals surface area contributed by atoms with Crippen molar-refractivity contribution in [2.45, 2.75) is 31.6 Å². The van der Waals surface area contributed by atoms with Crippen LogP contribution in [0.2, 0.25) is 0 Å². The van der Waals surface area contributed by atoms with Crippen molar-refractivity contribution in [2.75, 3.05) is 40.3 Å². The molecule has 1 aliphatic rings. The Morgan fingerprint density at radius 3 is 2.52 bits per heavy atom. The van der Waals surface area contributed by atoms with Gasteiger partial charge in [0.2, 0.25) is 15.9 Å². The summed E-state index contributed by atoms with van der Waals surface area (Å²) >= 11 is 3.32. The number of carbonyl (C=O) groups is 1. The van der Waals surface area contributed by atoms with Gasteiger partial charge in [0.05, 0.1) is 10.8 Å². The van der Waals surface area contributed by atoms with E-state index in [0.29, 0.717) is 25.9 Å². The lowest BCUT2D eigenvalue weighted by molar-refractivity contribution is -0.126. The molecule has 1 unspecified atom stereocenters. The van der Waals surface area contributed by atoms with Gasteiger partial charge in [-0.1, -0.05) is 29.8 Å². The minimum Gasteiger partial charge on any atom is -0.355 e. The topological polar surface area (TPSA) is 69.7 Å². The van der Waals surface area contributed by atoms with Gasteiger partial charge in [-0.05, 0) is 56.6 Å². The molecule has 27 heavy (non-hydrogen) atoms. The summed E-state index contributed by atoms with van der Waals surface area (Å²) in [6, 6.07) is 6.61. The molecule has 1 fully saturated rings. The lowest BCUT2D eigenvalue weighted by Gasteiger charge is -2.33. The summed E-state index contributed by atoms with van der Waals surface area (Å²) in [6.07, 6.45) is 1.40. The van der Waals surface area contributed by atoms with Gasteiger partial charge < -0.3 is 10.2 Å². The molecule has 1 saturated heterocycles. The maximum Gasteiger partial charge on any atom is 0.243 e. The third-order valence-electron chi connectivity index (χ3n) is 4.69. The fourth-order valence-electron chi connectivity index (χ4n) is 3.51. The number of rotatable bonds is 7. The molecule has 8 heteroatoms. The lowest BCUT2D eigenvalue weighted by Crippen LogP contribution is -2.47. The van der Waals surface area contributed by atoms with Crippen molar-refractivity contribution in [1.82, 2.24) is 14.5 Å². The van der Waals surface area contributed by atoms with Crippen LogP contribution in [-0.2, 0) is 14.8 Å². The first-order valence-corrected chi connectivity index (χ1v) is 11.4. The van der Waals surface area contributed by atoms with Crippen molar-refractivity contribution in [1.29, 1.82) is 0 Å². The van der Waals surface area contributed by atoms with Gasteiger partial charge in [0.15, 0.2) is 0 Å². The highest BCUT2D eigenvalue weighted by atomic mass is 79.9. The quantitative estimate of drug-likeness (QED) is 0.679. The molecule has 0 spiro atoms. The number of sulfonamides is 1. The normalized spacial score (nSPS) is 19.3. The van der Waals surface area contributed by atoms with Crippen LogP contribution in [0.25, 0.3) is 0 Å². The van der Waals surface area contributed by atoms with E-state index in [2.05, 4.69) is 40.0 Å². The second-order valence-corrected chi connectivity index (χ2v) is 11.1. The van der Waals surface area contributed by atoms with E-state index < -0.39 is 10.0 Å². The predicted molar refractivity (Wildman–Crippen MR) is 111 cm³/mol. The summed E-state index contributed by atoms with van der Waals surface area (Å²) in [5, 5.41) is 3.02. The van der Waals surface area contributed by atoms with E-state index in [4.69, 9.17) is 0 Å². The van der Waals surface area contributed by atoms with Crippen molar-refractivity contribution < 1.29 is 13.2 Å². The van der Waals surface area contributed by atoms with Crippen molar-refractivity contribution in [3.8, 4) is 0 Å². The minimum atomic E-state index is -3.58. The molecular formula is C19H30BrN3O3S. The van der Waals surface area contributed by atoms with Crippen molar-refractivity contribution in [3.63, 3.8) is 0 Å². The summed E-state index contributed by atoms with van der Waals surface area (Å²) in [5.74, 6) is -0.364. The van der Waals surface area contributed by atoms with Crippen molar-refractivity contribution in [2.24, 2.45) is 11.3 Å². The Hall–Kier alpha value is -0.960. The van der Waals surface area contributed by atoms with E-state index in [0.717, 1.165) is 11.0 Å². The van der Waals surface area contributed by atoms with Gasteiger partial charge in [-0.3, -0.25) is 4.79 Å². The molecule has 6 nitrogen and oxygen atoms in total. The summed E-state index contributed by atoms with van der Waals surface area (Å²) in [7, 11) is 0.440. The van der Waals surface area contributed by atoms with Crippen LogP contribution in [0.1, 0.15) is 26.7 Å².